The van der Waals surface area contributed by atoms with Crippen LogP contribution < -0.4 is 5.32 Å². The molecule has 0 radical (unpaired) electrons. The number of hydrogen-bond acceptors (Lipinski definition) is 5. The first kappa shape index (κ1) is 12.1. The summed E-state index contributed by atoms with van der Waals surface area (Å²) in [5.74, 6) is -0.549. The van der Waals surface area contributed by atoms with Crippen LogP contribution in [0.3, 0.4) is 0 Å². The summed E-state index contributed by atoms with van der Waals surface area (Å²) in [6, 6.07) is 0. The average Bonchev–Trinajstić information content (AvgIpc) is 2.48. The number of rotatable bonds is 3. The highest BCUT2D eigenvalue weighted by Gasteiger charge is 2.23. The predicted octanol–water partition coefficient (Wildman–Crippen LogP) is 0.823. The molecule has 1 aromatic heterocycles. The van der Waals surface area contributed by atoms with Gasteiger partial charge in [-0.25, -0.2) is 13.4 Å². The maximum Gasteiger partial charge on any atom is 0.244 e. The zero-order valence-electron chi connectivity index (χ0n) is 8.64. The Hall–Kier alpha value is -0.950. The van der Waals surface area contributed by atoms with Crippen LogP contribution in [0.15, 0.2) is 5.38 Å². The van der Waals surface area contributed by atoms with E-state index in [0.717, 1.165) is 11.9 Å². The number of sulfone groups is 1. The van der Waals surface area contributed by atoms with Gasteiger partial charge in [-0.1, -0.05) is 0 Å². The van der Waals surface area contributed by atoms with E-state index in [0.29, 0.717) is 5.13 Å². The quantitative estimate of drug-likeness (QED) is 0.859. The van der Waals surface area contributed by atoms with Crippen molar-refractivity contribution >= 4 is 32.2 Å². The molecule has 0 spiro atoms. The molecular formula is C8H12N2O3S2. The Labute approximate surface area is 92.5 Å². The molecule has 0 aliphatic carbocycles. The molecule has 0 saturated heterocycles. The van der Waals surface area contributed by atoms with E-state index in [2.05, 4.69) is 10.3 Å². The molecule has 1 amide bonds. The number of anilines is 1. The molecular weight excluding hydrogens is 236 g/mol. The van der Waals surface area contributed by atoms with E-state index in [1.807, 2.05) is 0 Å². The maximum absolute atomic E-state index is 11.4. The number of aromatic nitrogens is 1. The van der Waals surface area contributed by atoms with Gasteiger partial charge in [-0.3, -0.25) is 4.79 Å². The van der Waals surface area contributed by atoms with Gasteiger partial charge in [0.25, 0.3) is 0 Å². The van der Waals surface area contributed by atoms with Crippen LogP contribution >= 0.6 is 11.3 Å². The van der Waals surface area contributed by atoms with Crippen LogP contribution in [-0.2, 0) is 14.6 Å². The number of thiazole rings is 1. The van der Waals surface area contributed by atoms with Crippen LogP contribution in [0.2, 0.25) is 0 Å². The van der Waals surface area contributed by atoms with Crippen molar-refractivity contribution in [2.45, 2.75) is 19.1 Å². The molecule has 1 atom stereocenters. The van der Waals surface area contributed by atoms with Gasteiger partial charge in [0, 0.05) is 11.6 Å². The van der Waals surface area contributed by atoms with E-state index in [4.69, 9.17) is 0 Å². The molecule has 5 nitrogen and oxygen atoms in total. The number of amides is 1. The van der Waals surface area contributed by atoms with Crippen molar-refractivity contribution in [2.24, 2.45) is 0 Å². The van der Waals surface area contributed by atoms with Gasteiger partial charge >= 0.3 is 0 Å². The summed E-state index contributed by atoms with van der Waals surface area (Å²) in [6.45, 7) is 3.15. The number of hydrogen-bond donors (Lipinski definition) is 1. The van der Waals surface area contributed by atoms with Crippen LogP contribution in [0.1, 0.15) is 12.6 Å². The summed E-state index contributed by atoms with van der Waals surface area (Å²) in [7, 11) is -3.35. The molecule has 0 bridgehead atoms. The number of carbonyl (C=O) groups excluding carboxylic acids is 1. The van der Waals surface area contributed by atoms with E-state index < -0.39 is 21.0 Å². The fraction of sp³-hybridized carbons (Fsp3) is 0.500. The summed E-state index contributed by atoms with van der Waals surface area (Å²) in [4.78, 5) is 15.5. The molecule has 0 saturated carbocycles. The van der Waals surface area contributed by atoms with E-state index >= 15 is 0 Å². The lowest BCUT2D eigenvalue weighted by Gasteiger charge is -2.07. The molecule has 0 aliphatic heterocycles. The van der Waals surface area contributed by atoms with E-state index in [1.54, 1.807) is 12.3 Å². The van der Waals surface area contributed by atoms with E-state index in [9.17, 15) is 13.2 Å². The minimum atomic E-state index is -3.35. The van der Waals surface area contributed by atoms with Gasteiger partial charge in [-0.15, -0.1) is 11.3 Å². The second-order valence-corrected chi connectivity index (χ2v) is 6.48. The molecule has 0 unspecified atom stereocenters. The number of carbonyl (C=O) groups is 1. The number of nitrogens with one attached hydrogen (secondary N) is 1. The lowest BCUT2D eigenvalue weighted by molar-refractivity contribution is -0.115. The summed E-state index contributed by atoms with van der Waals surface area (Å²) in [6.07, 6.45) is 1.03. The van der Waals surface area contributed by atoms with Gasteiger partial charge in [-0.2, -0.15) is 0 Å². The summed E-state index contributed by atoms with van der Waals surface area (Å²) < 4.78 is 22.2. The topological polar surface area (TPSA) is 76.1 Å². The highest BCUT2D eigenvalue weighted by atomic mass is 32.2. The Balaban J connectivity index is 2.72. The van der Waals surface area contributed by atoms with Gasteiger partial charge in [-0.05, 0) is 13.8 Å². The van der Waals surface area contributed by atoms with E-state index in [-0.39, 0.29) is 0 Å². The van der Waals surface area contributed by atoms with Crippen molar-refractivity contribution in [3.63, 3.8) is 0 Å². The van der Waals surface area contributed by atoms with Gasteiger partial charge in [0.15, 0.2) is 15.0 Å². The predicted molar refractivity (Wildman–Crippen MR) is 59.8 cm³/mol. The average molecular weight is 248 g/mol. The lowest BCUT2D eigenvalue weighted by atomic mass is 10.4. The lowest BCUT2D eigenvalue weighted by Crippen LogP contribution is -2.31. The molecule has 0 aliphatic rings. The number of nitrogens with zero attached hydrogens (tertiary/aromatic N) is 1. The molecule has 1 heterocycles. The zero-order valence-corrected chi connectivity index (χ0v) is 10.3. The second kappa shape index (κ2) is 4.28. The van der Waals surface area contributed by atoms with Crippen LogP contribution in [0.4, 0.5) is 5.13 Å². The third kappa shape index (κ3) is 3.28. The SMILES string of the molecule is Cc1csc(NC(=O)[C@@H](C)S(C)(=O)=O)n1. The van der Waals surface area contributed by atoms with Crippen LogP contribution in [0.5, 0.6) is 0 Å². The normalized spacial score (nSPS) is 13.5. The minimum Gasteiger partial charge on any atom is -0.301 e. The molecule has 7 heteroatoms. The molecule has 1 N–H and O–H groups in total. The first-order valence-corrected chi connectivity index (χ1v) is 7.06. The minimum absolute atomic E-state index is 0.424. The second-order valence-electron chi connectivity index (χ2n) is 3.26. The first-order valence-electron chi connectivity index (χ1n) is 4.22. The van der Waals surface area contributed by atoms with Gasteiger partial charge in [0.05, 0.1) is 5.69 Å². The highest BCUT2D eigenvalue weighted by Crippen LogP contribution is 2.15. The Morgan fingerprint density at radius 1 is 1.60 bits per heavy atom. The van der Waals surface area contributed by atoms with E-state index in [1.165, 1.54) is 18.3 Å². The van der Waals surface area contributed by atoms with Crippen molar-refractivity contribution in [3.05, 3.63) is 11.1 Å². The monoisotopic (exact) mass is 248 g/mol. The molecule has 1 rings (SSSR count). The van der Waals surface area contributed by atoms with Crippen LogP contribution in [-0.4, -0.2) is 30.8 Å². The molecule has 84 valence electrons. The Morgan fingerprint density at radius 2 is 2.20 bits per heavy atom. The maximum atomic E-state index is 11.4. The third-order valence-corrected chi connectivity index (χ3v) is 4.23. The van der Waals surface area contributed by atoms with Gasteiger partial charge in [0.2, 0.25) is 5.91 Å². The smallest absolute Gasteiger partial charge is 0.244 e. The molecule has 15 heavy (non-hydrogen) atoms. The van der Waals surface area contributed by atoms with Crippen molar-refractivity contribution in [3.8, 4) is 0 Å². The van der Waals surface area contributed by atoms with Crippen molar-refractivity contribution < 1.29 is 13.2 Å². The Kier molecular flexibility index (Phi) is 3.46. The standard InChI is InChI=1S/C8H12N2O3S2/c1-5-4-14-8(9-5)10-7(11)6(2)15(3,12)13/h4,6H,1-3H3,(H,9,10,11)/t6-/m1/s1. The summed E-state index contributed by atoms with van der Waals surface area (Å²) in [5, 5.41) is 3.61. The van der Waals surface area contributed by atoms with Crippen LogP contribution in [0, 0.1) is 6.92 Å². The largest absolute Gasteiger partial charge is 0.301 e. The zero-order chi connectivity index (χ0) is 11.6. The molecule has 0 fully saturated rings. The highest BCUT2D eigenvalue weighted by molar-refractivity contribution is 7.92. The summed E-state index contributed by atoms with van der Waals surface area (Å²) >= 11 is 1.27. The fourth-order valence-corrected chi connectivity index (χ4v) is 1.95. The fourth-order valence-electron chi connectivity index (χ4n) is 0.813. The summed E-state index contributed by atoms with van der Waals surface area (Å²) in [5.41, 5.74) is 0.794. The van der Waals surface area contributed by atoms with Crippen molar-refractivity contribution in [1.29, 1.82) is 0 Å². The van der Waals surface area contributed by atoms with Gasteiger partial charge in [0.1, 0.15) is 5.25 Å². The third-order valence-electron chi connectivity index (χ3n) is 1.86. The molecule has 0 aromatic carbocycles. The Morgan fingerprint density at radius 3 is 2.60 bits per heavy atom. The first-order chi connectivity index (χ1) is 6.80. The van der Waals surface area contributed by atoms with Gasteiger partial charge < -0.3 is 5.32 Å². The number of aryl methyl sites for hydroxylation is 1. The molecule has 1 aromatic rings. The van der Waals surface area contributed by atoms with Crippen molar-refractivity contribution in [1.82, 2.24) is 4.98 Å². The van der Waals surface area contributed by atoms with Crippen LogP contribution in [0.25, 0.3) is 0 Å². The van der Waals surface area contributed by atoms with Crippen molar-refractivity contribution in [2.75, 3.05) is 11.6 Å². The Bertz CT molecular complexity index is 464.